The van der Waals surface area contributed by atoms with E-state index in [1.54, 1.807) is 11.8 Å². The van der Waals surface area contributed by atoms with Crippen LogP contribution in [0.25, 0.3) is 0 Å². The molecule has 2 N–H and O–H groups in total. The molecular formula is C16H27NOS. The van der Waals surface area contributed by atoms with Crippen molar-refractivity contribution in [3.63, 3.8) is 0 Å². The summed E-state index contributed by atoms with van der Waals surface area (Å²) in [4.78, 5) is 0. The average Bonchev–Trinajstić information content (AvgIpc) is 2.38. The van der Waals surface area contributed by atoms with Crippen LogP contribution in [0.2, 0.25) is 0 Å². The van der Waals surface area contributed by atoms with Crippen LogP contribution in [-0.2, 0) is 6.42 Å². The van der Waals surface area contributed by atoms with Crippen molar-refractivity contribution in [3.05, 3.63) is 35.4 Å². The van der Waals surface area contributed by atoms with Crippen molar-refractivity contribution in [1.82, 2.24) is 5.32 Å². The fourth-order valence-corrected chi connectivity index (χ4v) is 2.96. The summed E-state index contributed by atoms with van der Waals surface area (Å²) in [5, 5.41) is 13.2. The van der Waals surface area contributed by atoms with Gasteiger partial charge >= 0.3 is 0 Å². The van der Waals surface area contributed by atoms with E-state index in [2.05, 4.69) is 56.6 Å². The minimum absolute atomic E-state index is 0.236. The first kappa shape index (κ1) is 16.5. The molecule has 0 heterocycles. The number of thioether (sulfide) groups is 1. The molecule has 1 aromatic carbocycles. The van der Waals surface area contributed by atoms with Crippen LogP contribution in [-0.4, -0.2) is 35.3 Å². The Hall–Kier alpha value is -0.510. The smallest absolute Gasteiger partial charge is 0.0564 e. The number of aryl methyl sites for hydroxylation is 2. The molecule has 0 aliphatic rings. The molecule has 3 unspecified atom stereocenters. The van der Waals surface area contributed by atoms with Gasteiger partial charge in [0.15, 0.2) is 0 Å². The van der Waals surface area contributed by atoms with E-state index in [9.17, 15) is 5.11 Å². The number of aliphatic hydroxyl groups is 1. The number of benzene rings is 1. The molecule has 0 fully saturated rings. The van der Waals surface area contributed by atoms with Gasteiger partial charge in [0, 0.05) is 17.3 Å². The Morgan fingerprint density at radius 2 is 2.05 bits per heavy atom. The summed E-state index contributed by atoms with van der Waals surface area (Å²) >= 11 is 1.72. The number of aliphatic hydroxyl groups excluding tert-OH is 1. The first-order valence-corrected chi connectivity index (χ1v) is 8.30. The first-order valence-electron chi connectivity index (χ1n) is 7.02. The molecular weight excluding hydrogens is 254 g/mol. The molecule has 3 atom stereocenters. The summed E-state index contributed by atoms with van der Waals surface area (Å²) in [7, 11) is 0. The fourth-order valence-electron chi connectivity index (χ4n) is 2.33. The van der Waals surface area contributed by atoms with Gasteiger partial charge in [0.2, 0.25) is 0 Å². The monoisotopic (exact) mass is 281 g/mol. The van der Waals surface area contributed by atoms with E-state index < -0.39 is 0 Å². The minimum Gasteiger partial charge on any atom is -0.395 e. The molecule has 0 aliphatic heterocycles. The summed E-state index contributed by atoms with van der Waals surface area (Å²) in [5.74, 6) is 0. The molecule has 0 bridgehead atoms. The van der Waals surface area contributed by atoms with Gasteiger partial charge in [-0.1, -0.05) is 29.8 Å². The Labute approximate surface area is 122 Å². The fraction of sp³-hybridized carbons (Fsp3) is 0.625. The van der Waals surface area contributed by atoms with Crippen molar-refractivity contribution in [2.75, 3.05) is 12.9 Å². The van der Waals surface area contributed by atoms with Crippen LogP contribution in [0.4, 0.5) is 0 Å². The first-order chi connectivity index (χ1) is 9.06. The zero-order valence-corrected chi connectivity index (χ0v) is 13.3. The van der Waals surface area contributed by atoms with Crippen LogP contribution in [0.3, 0.4) is 0 Å². The Bertz CT molecular complexity index is 366. The standard InChI is InChI=1S/C16H27NOS/c1-12-6-5-7-15(10-12)9-8-13(2)17-14(3)16(11-18)19-4/h5-7,10,13-14,16-18H,8-9,11H2,1-4H3. The third-order valence-electron chi connectivity index (χ3n) is 3.54. The highest BCUT2D eigenvalue weighted by molar-refractivity contribution is 7.99. The molecule has 0 saturated carbocycles. The van der Waals surface area contributed by atoms with Crippen molar-refractivity contribution < 1.29 is 5.11 Å². The van der Waals surface area contributed by atoms with Gasteiger partial charge in [0.25, 0.3) is 0 Å². The van der Waals surface area contributed by atoms with E-state index in [0.717, 1.165) is 12.8 Å². The summed E-state index contributed by atoms with van der Waals surface area (Å²) in [6.07, 6.45) is 4.28. The predicted molar refractivity (Wildman–Crippen MR) is 85.9 cm³/mol. The van der Waals surface area contributed by atoms with Crippen molar-refractivity contribution in [1.29, 1.82) is 0 Å². The Balaban J connectivity index is 2.37. The molecule has 0 amide bonds. The number of nitrogens with one attached hydrogen (secondary N) is 1. The minimum atomic E-state index is 0.236. The van der Waals surface area contributed by atoms with Gasteiger partial charge in [-0.15, -0.1) is 0 Å². The molecule has 0 radical (unpaired) electrons. The van der Waals surface area contributed by atoms with Gasteiger partial charge < -0.3 is 10.4 Å². The number of hydrogen-bond donors (Lipinski definition) is 2. The molecule has 2 nitrogen and oxygen atoms in total. The maximum absolute atomic E-state index is 9.29. The van der Waals surface area contributed by atoms with Crippen LogP contribution in [0.5, 0.6) is 0 Å². The van der Waals surface area contributed by atoms with E-state index in [4.69, 9.17) is 0 Å². The van der Waals surface area contributed by atoms with Crippen molar-refractivity contribution >= 4 is 11.8 Å². The molecule has 108 valence electrons. The second-order valence-electron chi connectivity index (χ2n) is 5.34. The van der Waals surface area contributed by atoms with Crippen molar-refractivity contribution in [2.45, 2.75) is 50.9 Å². The second-order valence-corrected chi connectivity index (χ2v) is 6.42. The molecule has 0 aliphatic carbocycles. The van der Waals surface area contributed by atoms with Gasteiger partial charge in [-0.25, -0.2) is 0 Å². The van der Waals surface area contributed by atoms with E-state index in [1.807, 2.05) is 0 Å². The highest BCUT2D eigenvalue weighted by Crippen LogP contribution is 2.13. The van der Waals surface area contributed by atoms with Crippen molar-refractivity contribution in [3.8, 4) is 0 Å². The molecule has 1 aromatic rings. The quantitative estimate of drug-likeness (QED) is 0.768. The highest BCUT2D eigenvalue weighted by atomic mass is 32.2. The molecule has 3 heteroatoms. The predicted octanol–water partition coefficient (Wildman–Crippen LogP) is 3.02. The number of hydrogen-bond acceptors (Lipinski definition) is 3. The molecule has 0 saturated heterocycles. The van der Waals surface area contributed by atoms with Crippen molar-refractivity contribution in [2.24, 2.45) is 0 Å². The molecule has 19 heavy (non-hydrogen) atoms. The zero-order chi connectivity index (χ0) is 14.3. The molecule has 0 spiro atoms. The summed E-state index contributed by atoms with van der Waals surface area (Å²) in [6.45, 7) is 6.75. The van der Waals surface area contributed by atoms with E-state index >= 15 is 0 Å². The lowest BCUT2D eigenvalue weighted by atomic mass is 10.0. The van der Waals surface area contributed by atoms with E-state index in [0.29, 0.717) is 12.1 Å². The van der Waals surface area contributed by atoms with Crippen LogP contribution in [0.15, 0.2) is 24.3 Å². The van der Waals surface area contributed by atoms with Crippen LogP contribution in [0, 0.1) is 6.92 Å². The van der Waals surface area contributed by atoms with Crippen LogP contribution < -0.4 is 5.32 Å². The summed E-state index contributed by atoms with van der Waals surface area (Å²) < 4.78 is 0. The van der Waals surface area contributed by atoms with Gasteiger partial charge in [0.05, 0.1) is 6.61 Å². The summed E-state index contributed by atoms with van der Waals surface area (Å²) in [6, 6.07) is 9.53. The average molecular weight is 281 g/mol. The lowest BCUT2D eigenvalue weighted by Crippen LogP contribution is -2.42. The lowest BCUT2D eigenvalue weighted by molar-refractivity contribution is 0.270. The Morgan fingerprint density at radius 3 is 2.63 bits per heavy atom. The topological polar surface area (TPSA) is 32.3 Å². The Kier molecular flexibility index (Phi) is 7.51. The summed E-state index contributed by atoms with van der Waals surface area (Å²) in [5.41, 5.74) is 2.74. The van der Waals surface area contributed by atoms with Crippen LogP contribution in [0.1, 0.15) is 31.4 Å². The normalized spacial score (nSPS) is 16.1. The van der Waals surface area contributed by atoms with Crippen LogP contribution >= 0.6 is 11.8 Å². The second kappa shape index (κ2) is 8.62. The van der Waals surface area contributed by atoms with Gasteiger partial charge in [-0.05, 0) is 45.4 Å². The van der Waals surface area contributed by atoms with Gasteiger partial charge in [-0.2, -0.15) is 11.8 Å². The maximum atomic E-state index is 9.29. The number of rotatable bonds is 8. The lowest BCUT2D eigenvalue weighted by Gasteiger charge is -2.25. The highest BCUT2D eigenvalue weighted by Gasteiger charge is 2.16. The molecule has 1 rings (SSSR count). The SMILES string of the molecule is CSC(CO)C(C)NC(C)CCc1cccc(C)c1. The van der Waals surface area contributed by atoms with Gasteiger partial charge in [0.1, 0.15) is 0 Å². The third kappa shape index (κ3) is 5.98. The largest absolute Gasteiger partial charge is 0.395 e. The Morgan fingerprint density at radius 1 is 1.32 bits per heavy atom. The zero-order valence-electron chi connectivity index (χ0n) is 12.5. The molecule has 0 aromatic heterocycles. The van der Waals surface area contributed by atoms with E-state index in [-0.39, 0.29) is 11.9 Å². The third-order valence-corrected chi connectivity index (χ3v) is 4.70. The maximum Gasteiger partial charge on any atom is 0.0564 e. The van der Waals surface area contributed by atoms with Gasteiger partial charge in [-0.3, -0.25) is 0 Å². The van der Waals surface area contributed by atoms with E-state index in [1.165, 1.54) is 11.1 Å².